The van der Waals surface area contributed by atoms with Gasteiger partial charge in [-0.2, -0.15) is 0 Å². The van der Waals surface area contributed by atoms with Crippen molar-refractivity contribution in [3.8, 4) is 0 Å². The highest BCUT2D eigenvalue weighted by Gasteiger charge is 2.59. The third-order valence-corrected chi connectivity index (χ3v) is 20.7. The number of carbonyl (C=O) groups is 4. The van der Waals surface area contributed by atoms with Gasteiger partial charge in [-0.15, -0.1) is 0 Å². The smallest absolute Gasteiger partial charge is 0.458 e. The summed E-state index contributed by atoms with van der Waals surface area (Å²) in [5, 5.41) is 17.6. The number of hydrogen-bond donors (Lipinski definition) is 2. The zero-order valence-electron chi connectivity index (χ0n) is 50.0. The van der Waals surface area contributed by atoms with Gasteiger partial charge in [0.15, 0.2) is 30.2 Å². The van der Waals surface area contributed by atoms with Crippen molar-refractivity contribution in [1.82, 2.24) is 15.1 Å². The topological polar surface area (TPSA) is 190 Å². The van der Waals surface area contributed by atoms with Gasteiger partial charge in [0.2, 0.25) is 0 Å². The van der Waals surface area contributed by atoms with Gasteiger partial charge < -0.3 is 58.0 Å². The second kappa shape index (κ2) is 28.0. The van der Waals surface area contributed by atoms with Crippen molar-refractivity contribution in [2.75, 3.05) is 60.8 Å². The molecular weight excluding hydrogens is 1010 g/mol. The zero-order chi connectivity index (χ0) is 57.2. The molecule has 0 bridgehead atoms. The fraction of sp³-hybridized carbons (Fsp3) is 0.831. The van der Waals surface area contributed by atoms with Crippen LogP contribution in [-0.2, 0) is 52.2 Å². The summed E-state index contributed by atoms with van der Waals surface area (Å²) in [5.41, 5.74) is -4.03. The molecular formula is C59H101N3O14P+. The summed E-state index contributed by atoms with van der Waals surface area (Å²) in [7, 11) is 6.24. The van der Waals surface area contributed by atoms with Crippen LogP contribution in [0.1, 0.15) is 147 Å². The molecule has 1 aromatic rings. The van der Waals surface area contributed by atoms with Crippen LogP contribution in [0, 0.1) is 23.7 Å². The van der Waals surface area contributed by atoms with Gasteiger partial charge in [0, 0.05) is 52.8 Å². The second-order valence-corrected chi connectivity index (χ2v) is 29.1. The number of likely N-dealkylation sites (N-methyl/N-ethyl adjacent to an activating group) is 2. The minimum absolute atomic E-state index is 0.155. The van der Waals surface area contributed by atoms with Crippen LogP contribution in [0.25, 0.3) is 0 Å². The molecule has 4 fully saturated rings. The number of cyclic esters (lactones) is 1. The Morgan fingerprint density at radius 2 is 1.52 bits per heavy atom. The highest BCUT2D eigenvalue weighted by atomic mass is 31.2. The van der Waals surface area contributed by atoms with E-state index < -0.39 is 115 Å². The lowest BCUT2D eigenvalue weighted by Crippen LogP contribution is -2.63. The fourth-order valence-electron chi connectivity index (χ4n) is 13.2. The Morgan fingerprint density at radius 1 is 0.883 bits per heavy atom. The number of esters is 2. The van der Waals surface area contributed by atoms with E-state index in [0.29, 0.717) is 25.9 Å². The maximum absolute atomic E-state index is 15.1. The summed E-state index contributed by atoms with van der Waals surface area (Å²) in [6, 6.07) is 10.2. The number of unbranched alkanes of at least 4 members (excludes halogenated alkanes) is 6. The second-order valence-electron chi connectivity index (χ2n) is 24.8. The molecule has 440 valence electrons. The van der Waals surface area contributed by atoms with Crippen molar-refractivity contribution in [2.45, 2.75) is 231 Å². The fourth-order valence-corrected chi connectivity index (χ4v) is 15.5. The zero-order valence-corrected chi connectivity index (χ0v) is 50.9. The lowest BCUT2D eigenvalue weighted by molar-refractivity contribution is -0.304. The normalized spacial score (nSPS) is 37.8. The van der Waals surface area contributed by atoms with E-state index in [2.05, 4.69) is 53.9 Å². The molecule has 1 aromatic carbocycles. The SMILES string of the molecule is CC[C@H]1OC(=O)[C@H](C)C([C@H]2C[C@@](C)(OC)[C@@H](OC(=O)NCCCCCCCCC[P+](C)(C)c3ccccc3)[C@H](C)O2)[C@H](C)[C@@H](O[C@@H]2O[C@H](C)C[C@H](N(C)C)[C@H]2OC(C)=O)[C@](C)(O)C[C@@H](C)CN(C)[C@H](C)[C@H]2OC(=O)O[C@@]21C. The number of aliphatic hydroxyl groups is 1. The molecule has 1 unspecified atom stereocenters. The number of carbonyl (C=O) groups excluding carboxylic acids is 4. The first-order valence-electron chi connectivity index (χ1n) is 28.8. The van der Waals surface area contributed by atoms with Gasteiger partial charge in [-0.25, -0.2) is 9.59 Å². The summed E-state index contributed by atoms with van der Waals surface area (Å²) in [4.78, 5) is 58.5. The summed E-state index contributed by atoms with van der Waals surface area (Å²) >= 11 is 0. The molecule has 4 heterocycles. The van der Waals surface area contributed by atoms with Gasteiger partial charge in [-0.05, 0) is 125 Å². The van der Waals surface area contributed by atoms with Crippen LogP contribution in [0.4, 0.5) is 9.59 Å². The maximum atomic E-state index is 15.1. The van der Waals surface area contributed by atoms with Gasteiger partial charge in [-0.1, -0.05) is 71.6 Å². The molecule has 0 aromatic heterocycles. The van der Waals surface area contributed by atoms with Gasteiger partial charge in [0.25, 0.3) is 0 Å². The minimum Gasteiger partial charge on any atom is -0.458 e. The molecule has 17 nitrogen and oxygen atoms in total. The molecule has 77 heavy (non-hydrogen) atoms. The molecule has 4 saturated heterocycles. The number of ether oxygens (including phenoxy) is 9. The highest BCUT2D eigenvalue weighted by molar-refractivity contribution is 7.81. The Hall–Kier alpha value is -3.15. The van der Waals surface area contributed by atoms with Crippen molar-refractivity contribution in [3.05, 3.63) is 30.3 Å². The van der Waals surface area contributed by atoms with Crippen molar-refractivity contribution < 1.29 is 66.9 Å². The molecule has 5 rings (SSSR count). The number of benzene rings is 1. The number of amides is 1. The summed E-state index contributed by atoms with van der Waals surface area (Å²) in [6.45, 7) is 25.9. The molecule has 2 N–H and O–H groups in total. The Kier molecular flexibility index (Phi) is 23.5. The van der Waals surface area contributed by atoms with E-state index in [4.69, 9.17) is 42.6 Å². The molecule has 0 radical (unpaired) electrons. The van der Waals surface area contributed by atoms with E-state index >= 15 is 4.79 Å². The van der Waals surface area contributed by atoms with Crippen molar-refractivity contribution in [3.63, 3.8) is 0 Å². The van der Waals surface area contributed by atoms with Gasteiger partial charge in [0.05, 0.1) is 66.8 Å². The first-order valence-corrected chi connectivity index (χ1v) is 31.7. The lowest BCUT2D eigenvalue weighted by atomic mass is 9.68. The minimum atomic E-state index is -1.59. The molecule has 18 heteroatoms. The van der Waals surface area contributed by atoms with Crippen LogP contribution in [0.3, 0.4) is 0 Å². The van der Waals surface area contributed by atoms with Crippen LogP contribution in [0.15, 0.2) is 30.3 Å². The van der Waals surface area contributed by atoms with Crippen LogP contribution in [0.2, 0.25) is 0 Å². The first-order chi connectivity index (χ1) is 36.1. The third-order valence-electron chi connectivity index (χ3n) is 17.6. The molecule has 1 amide bonds. The number of nitrogens with one attached hydrogen (secondary N) is 1. The van der Waals surface area contributed by atoms with Crippen LogP contribution < -0.4 is 10.6 Å². The number of methoxy groups -OCH3 is 1. The summed E-state index contributed by atoms with van der Waals surface area (Å²) in [6.07, 6.45) is 1.60. The van der Waals surface area contributed by atoms with Crippen molar-refractivity contribution >= 4 is 36.8 Å². The monoisotopic (exact) mass is 1110 g/mol. The van der Waals surface area contributed by atoms with Crippen molar-refractivity contribution in [1.29, 1.82) is 0 Å². The number of rotatable bonds is 19. The number of hydrogen-bond acceptors (Lipinski definition) is 16. The number of nitrogens with zero attached hydrogens (tertiary/aromatic N) is 2. The quantitative estimate of drug-likeness (QED) is 0.0577. The number of fused-ring (bicyclic) bond motifs is 1. The van der Waals surface area contributed by atoms with E-state index in [1.807, 2.05) is 74.5 Å². The van der Waals surface area contributed by atoms with E-state index in [1.165, 1.54) is 37.7 Å². The first kappa shape index (κ1) is 64.7. The molecule has 0 saturated carbocycles. The third kappa shape index (κ3) is 16.5. The van der Waals surface area contributed by atoms with E-state index in [9.17, 15) is 19.5 Å². The Morgan fingerprint density at radius 3 is 2.13 bits per heavy atom. The highest BCUT2D eigenvalue weighted by Crippen LogP contribution is 2.51. The maximum Gasteiger partial charge on any atom is 0.509 e. The van der Waals surface area contributed by atoms with Gasteiger partial charge in [0.1, 0.15) is 11.7 Å². The average molecular weight is 1110 g/mol. The Labute approximate surface area is 462 Å². The summed E-state index contributed by atoms with van der Waals surface area (Å²) < 4.78 is 57.5. The predicted molar refractivity (Wildman–Crippen MR) is 300 cm³/mol. The Bertz CT molecular complexity index is 2050. The molecule has 0 spiro atoms. The van der Waals surface area contributed by atoms with Crippen molar-refractivity contribution in [2.24, 2.45) is 23.7 Å². The van der Waals surface area contributed by atoms with Crippen LogP contribution in [0.5, 0.6) is 0 Å². The molecule has 4 aliphatic rings. The summed E-state index contributed by atoms with van der Waals surface area (Å²) in [5.74, 6) is -3.61. The standard InChI is InChI=1S/C59H100N3O14P/c1-18-47-59(11)51(75-56(66)76-59)41(6)62(14)36-37(2)34-57(9,67)50(73-54-49(71-43(8)63)45(61(12)13)33-38(3)69-54)39(4)48(40(5)53(64)72-47)46-35-58(10,68-15)52(42(7)70-46)74-55(65)60-31-27-22-20-19-21-23-28-32-77(16,17)44-29-25-24-26-30-44/h24-26,29-30,37-42,45-52,54,67H,18-23,27-28,31-36H2,1-17H3/p+1/t37-,38-,39+,40-,41-,42+,45+,46-,47-,48?,49-,50-,51-,52+,54+,57-,58-,59-/m1/s1. The molecule has 18 atom stereocenters. The largest absolute Gasteiger partial charge is 0.509 e. The number of alkyl carbamates (subject to hydrolysis) is 1. The van der Waals surface area contributed by atoms with Gasteiger partial charge >= 0.3 is 24.2 Å². The lowest BCUT2D eigenvalue weighted by Gasteiger charge is -2.52. The molecule has 4 aliphatic heterocycles. The van der Waals surface area contributed by atoms with E-state index in [1.54, 1.807) is 27.9 Å². The van der Waals surface area contributed by atoms with Crippen LogP contribution in [-0.4, -0.2) is 184 Å². The molecule has 0 aliphatic carbocycles. The Balaban J connectivity index is 1.38. The predicted octanol–water partition coefficient (Wildman–Crippen LogP) is 8.99. The van der Waals surface area contributed by atoms with E-state index in [0.717, 1.165) is 25.7 Å². The van der Waals surface area contributed by atoms with E-state index in [-0.39, 0.29) is 36.9 Å². The van der Waals surface area contributed by atoms with Gasteiger partial charge in [-0.3, -0.25) is 14.5 Å². The average Bonchev–Trinajstić information content (AvgIpc) is 3.67. The van der Waals surface area contributed by atoms with Crippen LogP contribution >= 0.6 is 7.26 Å².